The molecular weight excluding hydrogens is 316 g/mol. The van der Waals surface area contributed by atoms with E-state index in [1.165, 1.54) is 0 Å². The van der Waals surface area contributed by atoms with E-state index in [-0.39, 0.29) is 0 Å². The smallest absolute Gasteiger partial charge is 0.236 e. The van der Waals surface area contributed by atoms with Gasteiger partial charge in [-0.15, -0.1) is 22.0 Å². The Bertz CT molecular complexity index is 771. The van der Waals surface area contributed by atoms with Gasteiger partial charge in [-0.25, -0.2) is 0 Å². The summed E-state index contributed by atoms with van der Waals surface area (Å²) < 4.78 is 16.2. The maximum Gasteiger partial charge on any atom is 0.236 e. The number of hydrogen-bond donors (Lipinski definition) is 0. The van der Waals surface area contributed by atoms with E-state index in [2.05, 4.69) is 20.3 Å². The van der Waals surface area contributed by atoms with Crippen LogP contribution in [-0.4, -0.2) is 26.9 Å². The van der Waals surface area contributed by atoms with Crippen molar-refractivity contribution < 1.29 is 13.7 Å². The highest BCUT2D eigenvalue weighted by Crippen LogP contribution is 2.28. The maximum absolute atomic E-state index is 5.59. The summed E-state index contributed by atoms with van der Waals surface area (Å²) in [4.78, 5) is 4.41. The molecule has 0 amide bonds. The number of para-hydroxylation sites is 1. The Labute approximate surface area is 137 Å². The van der Waals surface area contributed by atoms with Crippen molar-refractivity contribution in [1.29, 1.82) is 0 Å². The monoisotopic (exact) mass is 332 g/mol. The summed E-state index contributed by atoms with van der Waals surface area (Å²) in [5.41, 5.74) is 0.821. The van der Waals surface area contributed by atoms with Gasteiger partial charge in [0, 0.05) is 6.92 Å². The maximum atomic E-state index is 5.59. The van der Waals surface area contributed by atoms with Crippen molar-refractivity contribution in [1.82, 2.24) is 20.3 Å². The third-order valence-electron chi connectivity index (χ3n) is 2.91. The summed E-state index contributed by atoms with van der Waals surface area (Å²) in [5.74, 6) is 4.16. The molecule has 0 saturated carbocycles. The number of ether oxygens (including phenoxy) is 1. The first kappa shape index (κ1) is 15.5. The highest BCUT2D eigenvalue weighted by atomic mass is 32.2. The second-order valence-electron chi connectivity index (χ2n) is 4.65. The summed E-state index contributed by atoms with van der Waals surface area (Å²) in [6.07, 6.45) is 0. The van der Waals surface area contributed by atoms with Crippen molar-refractivity contribution >= 4 is 11.8 Å². The largest absolute Gasteiger partial charge is 0.493 e. The van der Waals surface area contributed by atoms with Crippen molar-refractivity contribution in [2.45, 2.75) is 25.4 Å². The zero-order valence-corrected chi connectivity index (χ0v) is 13.7. The van der Waals surface area contributed by atoms with Crippen molar-refractivity contribution in [2.75, 3.05) is 6.61 Å². The van der Waals surface area contributed by atoms with Gasteiger partial charge in [0.1, 0.15) is 5.75 Å². The fourth-order valence-corrected chi connectivity index (χ4v) is 2.66. The van der Waals surface area contributed by atoms with E-state index in [9.17, 15) is 0 Å². The third kappa shape index (κ3) is 3.89. The number of hydrogen-bond acceptors (Lipinski definition) is 8. The topological polar surface area (TPSA) is 87.1 Å². The lowest BCUT2D eigenvalue weighted by Crippen LogP contribution is -1.94. The minimum absolute atomic E-state index is 0.526. The summed E-state index contributed by atoms with van der Waals surface area (Å²) in [5, 5.41) is 11.8. The van der Waals surface area contributed by atoms with Crippen molar-refractivity contribution in [3.8, 4) is 17.1 Å². The molecule has 0 saturated heterocycles. The Balaban J connectivity index is 1.64. The first-order valence-electron chi connectivity index (χ1n) is 7.17. The third-order valence-corrected chi connectivity index (χ3v) is 3.82. The van der Waals surface area contributed by atoms with E-state index < -0.39 is 0 Å². The lowest BCUT2D eigenvalue weighted by molar-refractivity contribution is 0.341. The molecule has 120 valence electrons. The van der Waals surface area contributed by atoms with Crippen molar-refractivity contribution in [3.63, 3.8) is 0 Å². The van der Waals surface area contributed by atoms with Crippen LogP contribution in [0.5, 0.6) is 5.75 Å². The molecule has 0 atom stereocenters. The van der Waals surface area contributed by atoms with Crippen molar-refractivity contribution in [3.05, 3.63) is 41.9 Å². The summed E-state index contributed by atoms with van der Waals surface area (Å²) >= 11 is 1.57. The average Bonchev–Trinajstić information content (AvgIpc) is 3.18. The molecule has 0 fully saturated rings. The van der Waals surface area contributed by atoms with Gasteiger partial charge in [0.05, 0.1) is 23.7 Å². The van der Waals surface area contributed by atoms with Gasteiger partial charge in [-0.3, -0.25) is 0 Å². The highest BCUT2D eigenvalue weighted by Gasteiger charge is 2.13. The number of thioether (sulfide) groups is 1. The first-order chi connectivity index (χ1) is 11.3. The van der Waals surface area contributed by atoms with Crippen molar-refractivity contribution in [2.24, 2.45) is 0 Å². The molecular formula is C15H16N4O3S. The molecule has 2 aromatic heterocycles. The van der Waals surface area contributed by atoms with Gasteiger partial charge >= 0.3 is 0 Å². The average molecular weight is 332 g/mol. The van der Waals surface area contributed by atoms with Gasteiger partial charge in [0.25, 0.3) is 0 Å². The molecule has 0 radical (unpaired) electrons. The molecule has 0 aliphatic carbocycles. The molecule has 3 aromatic rings. The van der Waals surface area contributed by atoms with Crippen LogP contribution >= 0.6 is 11.8 Å². The van der Waals surface area contributed by atoms with Crippen LogP contribution in [0.3, 0.4) is 0 Å². The first-order valence-corrected chi connectivity index (χ1v) is 8.33. The molecule has 1 aromatic carbocycles. The van der Waals surface area contributed by atoms with Gasteiger partial charge in [0.15, 0.2) is 0 Å². The zero-order chi connectivity index (χ0) is 16.1. The van der Waals surface area contributed by atoms with E-state index >= 15 is 0 Å². The predicted octanol–water partition coefficient (Wildman–Crippen LogP) is 3.26. The van der Waals surface area contributed by atoms with Gasteiger partial charge in [-0.1, -0.05) is 17.3 Å². The number of nitrogens with zero attached hydrogens (tertiary/aromatic N) is 4. The zero-order valence-electron chi connectivity index (χ0n) is 12.9. The van der Waals surface area contributed by atoms with Crippen LogP contribution in [0, 0.1) is 6.92 Å². The van der Waals surface area contributed by atoms with E-state index in [0.29, 0.717) is 41.6 Å². The van der Waals surface area contributed by atoms with Gasteiger partial charge < -0.3 is 13.7 Å². The van der Waals surface area contributed by atoms with Gasteiger partial charge in [0.2, 0.25) is 23.5 Å². The number of aromatic nitrogens is 4. The quantitative estimate of drug-likeness (QED) is 0.651. The molecule has 8 heteroatoms. The number of benzene rings is 1. The van der Waals surface area contributed by atoms with Crippen LogP contribution in [0.1, 0.15) is 24.6 Å². The SMILES string of the molecule is CCOc1ccccc1-c1noc(CSCc2nnc(C)o2)n1. The molecule has 0 aliphatic rings. The van der Waals surface area contributed by atoms with Gasteiger partial charge in [-0.05, 0) is 19.1 Å². The van der Waals surface area contributed by atoms with E-state index in [1.54, 1.807) is 18.7 Å². The molecule has 0 bridgehead atoms. The van der Waals surface area contributed by atoms with Crippen LogP contribution in [0.25, 0.3) is 11.4 Å². The fraction of sp³-hybridized carbons (Fsp3) is 0.333. The minimum atomic E-state index is 0.526. The number of rotatable bonds is 7. The lowest BCUT2D eigenvalue weighted by Gasteiger charge is -2.05. The van der Waals surface area contributed by atoms with Crippen LogP contribution in [0.2, 0.25) is 0 Å². The molecule has 0 unspecified atom stereocenters. The Morgan fingerprint density at radius 2 is 1.96 bits per heavy atom. The van der Waals surface area contributed by atoms with E-state index in [4.69, 9.17) is 13.7 Å². The lowest BCUT2D eigenvalue weighted by atomic mass is 10.2. The molecule has 0 aliphatic heterocycles. The molecule has 3 rings (SSSR count). The van der Waals surface area contributed by atoms with Crippen LogP contribution in [0.15, 0.2) is 33.2 Å². The summed E-state index contributed by atoms with van der Waals surface area (Å²) in [7, 11) is 0. The predicted molar refractivity (Wildman–Crippen MR) is 84.9 cm³/mol. The van der Waals surface area contributed by atoms with E-state index in [0.717, 1.165) is 11.3 Å². The number of aryl methyl sites for hydroxylation is 1. The van der Waals surface area contributed by atoms with E-state index in [1.807, 2.05) is 31.2 Å². The standard InChI is InChI=1S/C15H16N4O3S/c1-3-20-12-7-5-4-6-11(12)15-16-13(22-19-15)8-23-9-14-18-17-10(2)21-14/h4-7H,3,8-9H2,1-2H3. The Hall–Kier alpha value is -2.35. The summed E-state index contributed by atoms with van der Waals surface area (Å²) in [6.45, 7) is 4.29. The normalized spacial score (nSPS) is 10.9. The Kier molecular flexibility index (Phi) is 4.92. The second kappa shape index (κ2) is 7.28. The fourth-order valence-electron chi connectivity index (χ4n) is 1.98. The van der Waals surface area contributed by atoms with Crippen LogP contribution in [0.4, 0.5) is 0 Å². The summed E-state index contributed by atoms with van der Waals surface area (Å²) in [6, 6.07) is 7.63. The highest BCUT2D eigenvalue weighted by molar-refractivity contribution is 7.97. The van der Waals surface area contributed by atoms with Gasteiger partial charge in [-0.2, -0.15) is 4.98 Å². The molecule has 7 nitrogen and oxygen atoms in total. The van der Waals surface area contributed by atoms with Crippen LogP contribution in [-0.2, 0) is 11.5 Å². The second-order valence-corrected chi connectivity index (χ2v) is 5.63. The Morgan fingerprint density at radius 3 is 2.74 bits per heavy atom. The van der Waals surface area contributed by atoms with Crippen LogP contribution < -0.4 is 4.74 Å². The molecule has 0 N–H and O–H groups in total. The molecule has 23 heavy (non-hydrogen) atoms. The molecule has 0 spiro atoms. The minimum Gasteiger partial charge on any atom is -0.493 e. The Morgan fingerprint density at radius 1 is 1.13 bits per heavy atom. The molecule has 2 heterocycles.